The number of amides is 1. The van der Waals surface area contributed by atoms with E-state index in [-0.39, 0.29) is 23.9 Å². The van der Waals surface area contributed by atoms with Gasteiger partial charge in [0.2, 0.25) is 5.91 Å². The number of hydrogen-bond acceptors (Lipinski definition) is 2. The molecule has 1 rings (SSSR count). The lowest BCUT2D eigenvalue weighted by atomic mass is 10.1. The molecule has 0 aromatic heterocycles. The van der Waals surface area contributed by atoms with E-state index >= 15 is 0 Å². The van der Waals surface area contributed by atoms with Gasteiger partial charge in [0.1, 0.15) is 5.82 Å². The molecular formula is C15H19FN2O. The van der Waals surface area contributed by atoms with Gasteiger partial charge < -0.3 is 11.1 Å². The van der Waals surface area contributed by atoms with Crippen LogP contribution >= 0.6 is 0 Å². The predicted octanol–water partition coefficient (Wildman–Crippen LogP) is 2.51. The summed E-state index contributed by atoms with van der Waals surface area (Å²) in [5.74, 6) is 4.69. The second-order valence-electron chi connectivity index (χ2n) is 4.38. The molecule has 0 aliphatic heterocycles. The number of rotatable bonds is 4. The summed E-state index contributed by atoms with van der Waals surface area (Å²) in [5, 5.41) is 2.77. The Bertz CT molecular complexity index is 503. The molecule has 4 heteroatoms. The van der Waals surface area contributed by atoms with Crippen LogP contribution in [-0.2, 0) is 4.79 Å². The van der Waals surface area contributed by atoms with Crippen molar-refractivity contribution >= 4 is 11.6 Å². The molecule has 0 aliphatic carbocycles. The zero-order chi connectivity index (χ0) is 14.3. The first-order valence-electron chi connectivity index (χ1n) is 6.37. The molecule has 1 atom stereocenters. The summed E-state index contributed by atoms with van der Waals surface area (Å²) in [6.07, 6.45) is 1.78. The van der Waals surface area contributed by atoms with Crippen molar-refractivity contribution in [3.8, 4) is 11.8 Å². The highest BCUT2D eigenvalue weighted by molar-refractivity contribution is 5.92. The average Bonchev–Trinajstić information content (AvgIpc) is 2.39. The third kappa shape index (κ3) is 4.72. The average molecular weight is 262 g/mol. The van der Waals surface area contributed by atoms with Crippen LogP contribution in [0.25, 0.3) is 0 Å². The molecule has 0 radical (unpaired) electrons. The molecule has 1 amide bonds. The Labute approximate surface area is 113 Å². The van der Waals surface area contributed by atoms with Crippen molar-refractivity contribution in [1.29, 1.82) is 0 Å². The van der Waals surface area contributed by atoms with Crippen LogP contribution in [0.2, 0.25) is 0 Å². The lowest BCUT2D eigenvalue weighted by Crippen LogP contribution is -2.20. The standard InChI is InChI=1S/C15H19FN2O/c1-3-5-11(2)15(19)18-13-7-8-14(16)12(10-13)6-4-9-17/h7-8,10-11H,3,5,9,17H2,1-2H3,(H,18,19). The van der Waals surface area contributed by atoms with Crippen LogP contribution in [0.4, 0.5) is 10.1 Å². The first-order valence-corrected chi connectivity index (χ1v) is 6.37. The van der Waals surface area contributed by atoms with Gasteiger partial charge in [-0.05, 0) is 24.6 Å². The summed E-state index contributed by atoms with van der Waals surface area (Å²) < 4.78 is 13.5. The maximum atomic E-state index is 13.5. The molecule has 0 spiro atoms. The number of benzene rings is 1. The fourth-order valence-corrected chi connectivity index (χ4v) is 1.67. The number of halogens is 1. The van der Waals surface area contributed by atoms with Crippen LogP contribution in [0, 0.1) is 23.6 Å². The maximum Gasteiger partial charge on any atom is 0.227 e. The normalized spacial score (nSPS) is 11.4. The Kier molecular flexibility index (Phi) is 6.04. The summed E-state index contributed by atoms with van der Waals surface area (Å²) in [5.41, 5.74) is 6.05. The van der Waals surface area contributed by atoms with Crippen LogP contribution in [0.3, 0.4) is 0 Å². The van der Waals surface area contributed by atoms with Crippen molar-refractivity contribution in [3.63, 3.8) is 0 Å². The maximum absolute atomic E-state index is 13.5. The molecule has 0 saturated carbocycles. The van der Waals surface area contributed by atoms with E-state index in [9.17, 15) is 9.18 Å². The van der Waals surface area contributed by atoms with Gasteiger partial charge in [-0.3, -0.25) is 4.79 Å². The van der Waals surface area contributed by atoms with Gasteiger partial charge in [-0.1, -0.05) is 32.1 Å². The smallest absolute Gasteiger partial charge is 0.227 e. The van der Waals surface area contributed by atoms with Crippen LogP contribution in [0.15, 0.2) is 18.2 Å². The third-order valence-electron chi connectivity index (χ3n) is 2.73. The minimum absolute atomic E-state index is 0.0615. The Morgan fingerprint density at radius 3 is 2.89 bits per heavy atom. The van der Waals surface area contributed by atoms with Gasteiger partial charge in [0.15, 0.2) is 0 Å². The van der Waals surface area contributed by atoms with E-state index in [0.29, 0.717) is 5.69 Å². The fraction of sp³-hybridized carbons (Fsp3) is 0.400. The summed E-state index contributed by atoms with van der Waals surface area (Å²) in [6.45, 7) is 4.07. The predicted molar refractivity (Wildman–Crippen MR) is 75.0 cm³/mol. The van der Waals surface area contributed by atoms with Crippen LogP contribution < -0.4 is 11.1 Å². The SMILES string of the molecule is CCCC(C)C(=O)Nc1ccc(F)c(C#CCN)c1. The number of hydrogen-bond donors (Lipinski definition) is 2. The molecule has 1 aromatic rings. The summed E-state index contributed by atoms with van der Waals surface area (Å²) in [6, 6.07) is 4.34. The van der Waals surface area contributed by atoms with E-state index in [1.54, 1.807) is 0 Å². The Morgan fingerprint density at radius 2 is 2.26 bits per heavy atom. The molecule has 0 heterocycles. The highest BCUT2D eigenvalue weighted by atomic mass is 19.1. The van der Waals surface area contributed by atoms with Gasteiger partial charge in [0, 0.05) is 11.6 Å². The van der Waals surface area contributed by atoms with E-state index in [1.165, 1.54) is 18.2 Å². The lowest BCUT2D eigenvalue weighted by Gasteiger charge is -2.11. The van der Waals surface area contributed by atoms with Crippen molar-refractivity contribution in [1.82, 2.24) is 0 Å². The van der Waals surface area contributed by atoms with E-state index < -0.39 is 5.82 Å². The molecule has 1 unspecified atom stereocenters. The molecule has 0 aliphatic rings. The molecule has 0 fully saturated rings. The van der Waals surface area contributed by atoms with Crippen molar-refractivity contribution in [2.24, 2.45) is 11.7 Å². The van der Waals surface area contributed by atoms with E-state index in [1.807, 2.05) is 13.8 Å². The summed E-state index contributed by atoms with van der Waals surface area (Å²) in [7, 11) is 0. The highest BCUT2D eigenvalue weighted by Gasteiger charge is 2.12. The molecule has 102 valence electrons. The largest absolute Gasteiger partial charge is 0.326 e. The summed E-state index contributed by atoms with van der Waals surface area (Å²) >= 11 is 0. The van der Waals surface area contributed by atoms with Gasteiger partial charge in [0.05, 0.1) is 12.1 Å². The van der Waals surface area contributed by atoms with E-state index in [4.69, 9.17) is 5.73 Å². The number of anilines is 1. The van der Waals surface area contributed by atoms with E-state index in [0.717, 1.165) is 12.8 Å². The van der Waals surface area contributed by atoms with Crippen LogP contribution in [0.5, 0.6) is 0 Å². The fourth-order valence-electron chi connectivity index (χ4n) is 1.67. The number of carbonyl (C=O) groups excluding carboxylic acids is 1. The minimum Gasteiger partial charge on any atom is -0.326 e. The van der Waals surface area contributed by atoms with Crippen molar-refractivity contribution in [3.05, 3.63) is 29.6 Å². The van der Waals surface area contributed by atoms with Gasteiger partial charge in [-0.15, -0.1) is 0 Å². The van der Waals surface area contributed by atoms with Crippen LogP contribution in [0.1, 0.15) is 32.3 Å². The summed E-state index contributed by atoms with van der Waals surface area (Å²) in [4.78, 5) is 11.9. The van der Waals surface area contributed by atoms with Crippen molar-refractivity contribution in [2.75, 3.05) is 11.9 Å². The van der Waals surface area contributed by atoms with Gasteiger partial charge in [0.25, 0.3) is 0 Å². The van der Waals surface area contributed by atoms with Crippen molar-refractivity contribution < 1.29 is 9.18 Å². The molecule has 3 nitrogen and oxygen atoms in total. The Hall–Kier alpha value is -1.86. The minimum atomic E-state index is -0.416. The molecule has 0 saturated heterocycles. The van der Waals surface area contributed by atoms with Gasteiger partial charge in [-0.2, -0.15) is 0 Å². The zero-order valence-corrected chi connectivity index (χ0v) is 11.3. The topological polar surface area (TPSA) is 55.1 Å². The Morgan fingerprint density at radius 1 is 1.53 bits per heavy atom. The molecule has 1 aromatic carbocycles. The molecule has 0 bridgehead atoms. The second kappa shape index (κ2) is 7.55. The first kappa shape index (κ1) is 15.2. The van der Waals surface area contributed by atoms with Gasteiger partial charge in [-0.25, -0.2) is 4.39 Å². The second-order valence-corrected chi connectivity index (χ2v) is 4.38. The molecule has 3 N–H and O–H groups in total. The van der Waals surface area contributed by atoms with E-state index in [2.05, 4.69) is 17.2 Å². The lowest BCUT2D eigenvalue weighted by molar-refractivity contribution is -0.119. The Balaban J connectivity index is 2.82. The molecule has 19 heavy (non-hydrogen) atoms. The molecular weight excluding hydrogens is 243 g/mol. The third-order valence-corrected chi connectivity index (χ3v) is 2.73. The number of carbonyl (C=O) groups is 1. The first-order chi connectivity index (χ1) is 9.08. The van der Waals surface area contributed by atoms with Crippen LogP contribution in [-0.4, -0.2) is 12.5 Å². The number of nitrogens with two attached hydrogens (primary N) is 1. The highest BCUT2D eigenvalue weighted by Crippen LogP contribution is 2.16. The quantitative estimate of drug-likeness (QED) is 0.819. The monoisotopic (exact) mass is 262 g/mol. The van der Waals surface area contributed by atoms with Crippen molar-refractivity contribution in [2.45, 2.75) is 26.7 Å². The van der Waals surface area contributed by atoms with Gasteiger partial charge >= 0.3 is 0 Å². The zero-order valence-electron chi connectivity index (χ0n) is 11.3. The number of nitrogens with one attached hydrogen (secondary N) is 1.